The van der Waals surface area contributed by atoms with Crippen molar-refractivity contribution in [1.29, 1.82) is 0 Å². The maximum atomic E-state index is 12.0. The van der Waals surface area contributed by atoms with Crippen molar-refractivity contribution in [2.45, 2.75) is 44.9 Å². The van der Waals surface area contributed by atoms with Gasteiger partial charge < -0.3 is 10.6 Å². The minimum absolute atomic E-state index is 0.190. The van der Waals surface area contributed by atoms with Crippen LogP contribution in [0, 0.1) is 5.92 Å². The highest BCUT2D eigenvalue weighted by Crippen LogP contribution is 2.52. The molecule has 0 saturated heterocycles. The SMILES string of the molecule is CCC(=O)c1sc(N(C)CC2CC2)c(C2CC2)c1N. The number of carbonyl (C=O) groups is 1. The van der Waals surface area contributed by atoms with Gasteiger partial charge in [0.1, 0.15) is 0 Å². The van der Waals surface area contributed by atoms with Crippen molar-refractivity contribution in [1.82, 2.24) is 0 Å². The molecule has 1 heterocycles. The first-order chi connectivity index (χ1) is 9.11. The molecule has 1 aromatic rings. The van der Waals surface area contributed by atoms with Crippen molar-refractivity contribution >= 4 is 27.8 Å². The van der Waals surface area contributed by atoms with E-state index in [0.29, 0.717) is 12.3 Å². The molecule has 0 amide bonds. The quantitative estimate of drug-likeness (QED) is 0.808. The topological polar surface area (TPSA) is 46.3 Å². The summed E-state index contributed by atoms with van der Waals surface area (Å²) in [6.45, 7) is 3.02. The van der Waals surface area contributed by atoms with Gasteiger partial charge in [-0.3, -0.25) is 4.79 Å². The highest BCUT2D eigenvalue weighted by Gasteiger charge is 2.34. The largest absolute Gasteiger partial charge is 0.397 e. The van der Waals surface area contributed by atoms with E-state index in [0.717, 1.165) is 23.0 Å². The molecule has 0 radical (unpaired) electrons. The fourth-order valence-electron chi connectivity index (χ4n) is 2.63. The third kappa shape index (κ3) is 2.50. The Bertz CT molecular complexity index is 500. The molecule has 3 nitrogen and oxygen atoms in total. The number of nitrogens with two attached hydrogens (primary N) is 1. The Morgan fingerprint density at radius 2 is 2.05 bits per heavy atom. The summed E-state index contributed by atoms with van der Waals surface area (Å²) in [5, 5.41) is 1.25. The number of carbonyl (C=O) groups excluding carboxylic acids is 1. The summed E-state index contributed by atoms with van der Waals surface area (Å²) in [7, 11) is 2.15. The molecule has 0 bridgehead atoms. The highest BCUT2D eigenvalue weighted by molar-refractivity contribution is 7.18. The molecule has 2 N–H and O–H groups in total. The molecule has 2 aliphatic rings. The molecule has 0 spiro atoms. The first-order valence-electron chi connectivity index (χ1n) is 7.28. The summed E-state index contributed by atoms with van der Waals surface area (Å²) < 4.78 is 0. The molecular formula is C15H22N2OS. The van der Waals surface area contributed by atoms with Gasteiger partial charge in [-0.15, -0.1) is 11.3 Å². The average Bonchev–Trinajstić information content (AvgIpc) is 3.29. The van der Waals surface area contributed by atoms with Crippen LogP contribution in [0.5, 0.6) is 0 Å². The molecule has 0 aliphatic heterocycles. The van der Waals surface area contributed by atoms with Gasteiger partial charge in [-0.1, -0.05) is 6.92 Å². The van der Waals surface area contributed by atoms with Crippen LogP contribution in [-0.2, 0) is 0 Å². The number of anilines is 2. The Kier molecular flexibility index (Phi) is 3.29. The number of nitrogens with zero attached hydrogens (tertiary/aromatic N) is 1. The zero-order valence-electron chi connectivity index (χ0n) is 11.7. The fraction of sp³-hybridized carbons (Fsp3) is 0.667. The van der Waals surface area contributed by atoms with E-state index in [1.54, 1.807) is 11.3 Å². The minimum atomic E-state index is 0.190. The summed E-state index contributed by atoms with van der Waals surface area (Å²) >= 11 is 1.62. The van der Waals surface area contributed by atoms with Crippen LogP contribution in [0.2, 0.25) is 0 Å². The van der Waals surface area contributed by atoms with Gasteiger partial charge in [0, 0.05) is 25.6 Å². The molecule has 104 valence electrons. The molecule has 4 heteroatoms. The van der Waals surface area contributed by atoms with Crippen LogP contribution in [0.4, 0.5) is 10.7 Å². The second-order valence-electron chi connectivity index (χ2n) is 5.94. The Hall–Kier alpha value is -1.03. The summed E-state index contributed by atoms with van der Waals surface area (Å²) in [6.07, 6.45) is 5.70. The second-order valence-corrected chi connectivity index (χ2v) is 6.94. The van der Waals surface area contributed by atoms with E-state index in [9.17, 15) is 4.79 Å². The average molecular weight is 278 g/mol. The lowest BCUT2D eigenvalue weighted by Crippen LogP contribution is -2.19. The molecule has 19 heavy (non-hydrogen) atoms. The predicted octanol–water partition coefficient (Wildman–Crippen LogP) is 3.65. The number of hydrogen-bond acceptors (Lipinski definition) is 4. The van der Waals surface area contributed by atoms with E-state index < -0.39 is 0 Å². The van der Waals surface area contributed by atoms with Crippen molar-refractivity contribution in [2.75, 3.05) is 24.2 Å². The molecule has 0 unspecified atom stereocenters. The van der Waals surface area contributed by atoms with Crippen LogP contribution >= 0.6 is 11.3 Å². The van der Waals surface area contributed by atoms with Gasteiger partial charge in [-0.05, 0) is 37.5 Å². The zero-order chi connectivity index (χ0) is 13.6. The number of nitrogen functional groups attached to an aromatic ring is 1. The normalized spacial score (nSPS) is 18.6. The lowest BCUT2D eigenvalue weighted by atomic mass is 10.1. The van der Waals surface area contributed by atoms with E-state index in [1.165, 1.54) is 36.2 Å². The Morgan fingerprint density at radius 1 is 1.37 bits per heavy atom. The number of ketones is 1. The summed E-state index contributed by atoms with van der Waals surface area (Å²) in [4.78, 5) is 15.1. The van der Waals surface area contributed by atoms with Gasteiger partial charge in [-0.25, -0.2) is 0 Å². The Balaban J connectivity index is 1.93. The zero-order valence-corrected chi connectivity index (χ0v) is 12.6. The molecule has 2 aliphatic carbocycles. The van der Waals surface area contributed by atoms with Crippen molar-refractivity contribution in [3.05, 3.63) is 10.4 Å². The van der Waals surface area contributed by atoms with Gasteiger partial charge in [-0.2, -0.15) is 0 Å². The van der Waals surface area contributed by atoms with Gasteiger partial charge in [0.05, 0.1) is 15.6 Å². The Morgan fingerprint density at radius 3 is 2.58 bits per heavy atom. The maximum absolute atomic E-state index is 12.0. The van der Waals surface area contributed by atoms with Crippen LogP contribution in [0.3, 0.4) is 0 Å². The van der Waals surface area contributed by atoms with E-state index in [2.05, 4.69) is 11.9 Å². The molecular weight excluding hydrogens is 256 g/mol. The number of rotatable bonds is 6. The van der Waals surface area contributed by atoms with Crippen LogP contribution < -0.4 is 10.6 Å². The first-order valence-corrected chi connectivity index (χ1v) is 8.10. The van der Waals surface area contributed by atoms with Crippen LogP contribution in [0.25, 0.3) is 0 Å². The lowest BCUT2D eigenvalue weighted by molar-refractivity contribution is 0.0993. The van der Waals surface area contributed by atoms with Crippen molar-refractivity contribution in [3.8, 4) is 0 Å². The molecule has 0 aromatic carbocycles. The number of Topliss-reactive ketones (excluding diaryl/α,β-unsaturated/α-hetero) is 1. The van der Waals surface area contributed by atoms with E-state index in [-0.39, 0.29) is 5.78 Å². The van der Waals surface area contributed by atoms with Gasteiger partial charge >= 0.3 is 0 Å². The molecule has 2 fully saturated rings. The summed E-state index contributed by atoms with van der Waals surface area (Å²) in [6, 6.07) is 0. The van der Waals surface area contributed by atoms with Crippen LogP contribution in [-0.4, -0.2) is 19.4 Å². The second kappa shape index (κ2) is 4.82. The molecule has 2 saturated carbocycles. The van der Waals surface area contributed by atoms with Crippen LogP contribution in [0.1, 0.15) is 60.2 Å². The van der Waals surface area contributed by atoms with E-state index in [4.69, 9.17) is 5.73 Å². The van der Waals surface area contributed by atoms with Crippen molar-refractivity contribution < 1.29 is 4.79 Å². The summed E-state index contributed by atoms with van der Waals surface area (Å²) in [5.74, 6) is 1.65. The minimum Gasteiger partial charge on any atom is -0.397 e. The predicted molar refractivity (Wildman–Crippen MR) is 81.3 cm³/mol. The number of thiophene rings is 1. The monoisotopic (exact) mass is 278 g/mol. The Labute approximate surface area is 118 Å². The molecule has 3 rings (SSSR count). The van der Waals surface area contributed by atoms with Gasteiger partial charge in [0.15, 0.2) is 5.78 Å². The third-order valence-corrected chi connectivity index (χ3v) is 5.48. The third-order valence-electron chi connectivity index (χ3n) is 4.10. The van der Waals surface area contributed by atoms with Gasteiger partial charge in [0.25, 0.3) is 0 Å². The van der Waals surface area contributed by atoms with Crippen molar-refractivity contribution in [3.63, 3.8) is 0 Å². The summed E-state index contributed by atoms with van der Waals surface area (Å²) in [5.41, 5.74) is 8.31. The van der Waals surface area contributed by atoms with Gasteiger partial charge in [0.2, 0.25) is 0 Å². The van der Waals surface area contributed by atoms with Crippen LogP contribution in [0.15, 0.2) is 0 Å². The molecule has 0 atom stereocenters. The van der Waals surface area contributed by atoms with E-state index >= 15 is 0 Å². The first kappa shape index (κ1) is 13.0. The smallest absolute Gasteiger partial charge is 0.174 e. The number of hydrogen-bond donors (Lipinski definition) is 1. The maximum Gasteiger partial charge on any atom is 0.174 e. The van der Waals surface area contributed by atoms with E-state index in [1.807, 2.05) is 6.92 Å². The lowest BCUT2D eigenvalue weighted by Gasteiger charge is -2.19. The highest BCUT2D eigenvalue weighted by atomic mass is 32.1. The van der Waals surface area contributed by atoms with Crippen molar-refractivity contribution in [2.24, 2.45) is 5.92 Å². The standard InChI is InChI=1S/C15H22N2OS/c1-3-11(18)14-13(16)12(10-6-7-10)15(19-14)17(2)8-9-4-5-9/h9-10H,3-8,16H2,1-2H3. The molecule has 1 aromatic heterocycles. The fourth-order valence-corrected chi connectivity index (χ4v) is 3.92.